The summed E-state index contributed by atoms with van der Waals surface area (Å²) < 4.78 is 32.3. The largest absolute Gasteiger partial charge is 0.447 e. The number of thiophene rings is 1. The Hall–Kier alpha value is -1.15. The van der Waals surface area contributed by atoms with Gasteiger partial charge in [0, 0.05) is 6.54 Å². The van der Waals surface area contributed by atoms with Gasteiger partial charge in [0.25, 0.3) is 10.0 Å². The van der Waals surface area contributed by atoms with Gasteiger partial charge in [0.05, 0.1) is 6.54 Å². The monoisotopic (exact) mass is 328 g/mol. The van der Waals surface area contributed by atoms with Crippen LogP contribution in [0.1, 0.15) is 30.2 Å². The van der Waals surface area contributed by atoms with Crippen LogP contribution < -0.4 is 10.0 Å². The fraction of sp³-hybridized carbons (Fsp3) is 0.429. The summed E-state index contributed by atoms with van der Waals surface area (Å²) in [4.78, 5) is 0. The number of aryl methyl sites for hydroxylation is 1. The molecule has 0 amide bonds. The third-order valence-electron chi connectivity index (χ3n) is 3.04. The molecule has 7 heteroatoms. The summed E-state index contributed by atoms with van der Waals surface area (Å²) in [6, 6.07) is 3.18. The van der Waals surface area contributed by atoms with E-state index in [1.165, 1.54) is 6.07 Å². The Morgan fingerprint density at radius 3 is 2.71 bits per heavy atom. The van der Waals surface area contributed by atoms with E-state index in [4.69, 9.17) is 4.42 Å². The van der Waals surface area contributed by atoms with Crippen LogP contribution in [0.5, 0.6) is 0 Å². The average molecular weight is 328 g/mol. The molecule has 2 heterocycles. The molecule has 0 aromatic carbocycles. The van der Waals surface area contributed by atoms with Crippen molar-refractivity contribution in [2.45, 2.75) is 38.5 Å². The predicted octanol–water partition coefficient (Wildman–Crippen LogP) is 2.63. The summed E-state index contributed by atoms with van der Waals surface area (Å²) >= 11 is 1.56. The summed E-state index contributed by atoms with van der Waals surface area (Å²) in [6.45, 7) is 5.72. The second-order valence-corrected chi connectivity index (χ2v) is 7.24. The second-order valence-electron chi connectivity index (χ2n) is 4.80. The first-order valence-electron chi connectivity index (χ1n) is 6.83. The molecule has 2 aromatic heterocycles. The smallest absolute Gasteiger partial charge is 0.274 e. The third kappa shape index (κ3) is 4.41. The lowest BCUT2D eigenvalue weighted by atomic mass is 10.2. The van der Waals surface area contributed by atoms with E-state index in [-0.39, 0.29) is 11.6 Å². The number of hydrogen-bond donors (Lipinski definition) is 2. The highest BCUT2D eigenvalue weighted by Gasteiger charge is 2.18. The quantitative estimate of drug-likeness (QED) is 0.731. The fourth-order valence-corrected chi connectivity index (χ4v) is 3.61. The van der Waals surface area contributed by atoms with E-state index < -0.39 is 10.0 Å². The lowest BCUT2D eigenvalue weighted by Gasteiger charge is -2.04. The van der Waals surface area contributed by atoms with E-state index in [2.05, 4.69) is 17.0 Å². The Bertz CT molecular complexity index is 674. The van der Waals surface area contributed by atoms with Crippen molar-refractivity contribution in [1.82, 2.24) is 10.0 Å². The van der Waals surface area contributed by atoms with Crippen molar-refractivity contribution in [2.75, 3.05) is 6.54 Å². The van der Waals surface area contributed by atoms with Crippen LogP contribution in [-0.4, -0.2) is 15.0 Å². The Morgan fingerprint density at radius 1 is 1.24 bits per heavy atom. The van der Waals surface area contributed by atoms with Crippen LogP contribution in [0.2, 0.25) is 0 Å². The molecule has 0 fully saturated rings. The lowest BCUT2D eigenvalue weighted by molar-refractivity contribution is 0.400. The summed E-state index contributed by atoms with van der Waals surface area (Å²) in [5.74, 6) is 0.621. The first-order chi connectivity index (χ1) is 10.0. The molecule has 2 N–H and O–H groups in total. The normalized spacial score (nSPS) is 11.9. The number of nitrogens with one attached hydrogen (secondary N) is 2. The van der Waals surface area contributed by atoms with Crippen LogP contribution in [0, 0.1) is 6.92 Å². The minimum atomic E-state index is -3.60. The second kappa shape index (κ2) is 7.22. The van der Waals surface area contributed by atoms with E-state index in [9.17, 15) is 8.42 Å². The van der Waals surface area contributed by atoms with Crippen LogP contribution in [0.25, 0.3) is 0 Å². The van der Waals surface area contributed by atoms with E-state index >= 15 is 0 Å². The average Bonchev–Trinajstić information content (AvgIpc) is 3.06. The van der Waals surface area contributed by atoms with Crippen LogP contribution in [0.15, 0.2) is 32.4 Å². The van der Waals surface area contributed by atoms with E-state index in [1.54, 1.807) is 17.4 Å². The van der Waals surface area contributed by atoms with Crippen LogP contribution in [0.4, 0.5) is 0 Å². The van der Waals surface area contributed by atoms with Gasteiger partial charge in [-0.2, -0.15) is 11.3 Å². The van der Waals surface area contributed by atoms with Gasteiger partial charge < -0.3 is 9.73 Å². The maximum atomic E-state index is 12.2. The topological polar surface area (TPSA) is 71.3 Å². The predicted molar refractivity (Wildman–Crippen MR) is 83.8 cm³/mol. The third-order valence-corrected chi connectivity index (χ3v) is 5.23. The zero-order valence-electron chi connectivity index (χ0n) is 12.2. The molecule has 0 saturated heterocycles. The molecule has 0 unspecified atom stereocenters. The van der Waals surface area contributed by atoms with Crippen molar-refractivity contribution in [3.8, 4) is 0 Å². The Labute approximate surface area is 129 Å². The van der Waals surface area contributed by atoms with Gasteiger partial charge in [0.1, 0.15) is 5.76 Å². The Kier molecular flexibility index (Phi) is 5.58. The highest BCUT2D eigenvalue weighted by atomic mass is 32.2. The van der Waals surface area contributed by atoms with Crippen molar-refractivity contribution >= 4 is 21.4 Å². The van der Waals surface area contributed by atoms with Crippen molar-refractivity contribution in [1.29, 1.82) is 0 Å². The first kappa shape index (κ1) is 16.2. The number of furan rings is 1. The van der Waals surface area contributed by atoms with Crippen molar-refractivity contribution in [3.05, 3.63) is 39.8 Å². The van der Waals surface area contributed by atoms with Crippen LogP contribution in [-0.2, 0) is 23.1 Å². The highest BCUT2D eigenvalue weighted by molar-refractivity contribution is 7.89. The molecule has 2 rings (SSSR count). The van der Waals surface area contributed by atoms with Gasteiger partial charge in [0.2, 0.25) is 5.09 Å². The molecule has 0 radical (unpaired) electrons. The van der Waals surface area contributed by atoms with E-state index in [0.717, 1.165) is 24.1 Å². The summed E-state index contributed by atoms with van der Waals surface area (Å²) in [5.41, 5.74) is 2.08. The molecule has 0 saturated carbocycles. The zero-order chi connectivity index (χ0) is 15.3. The van der Waals surface area contributed by atoms with E-state index in [1.807, 2.05) is 17.7 Å². The molecular weight excluding hydrogens is 308 g/mol. The highest BCUT2D eigenvalue weighted by Crippen LogP contribution is 2.17. The van der Waals surface area contributed by atoms with Gasteiger partial charge in [0.15, 0.2) is 0 Å². The number of rotatable bonds is 8. The standard InChI is InChI=1S/C14H20N2O3S2/c1-3-6-15-8-13-4-5-14(19-13)21(17,18)16-7-12-10-20-9-11(12)2/h4-5,9-10,15-16H,3,6-8H2,1-2H3. The molecule has 0 bridgehead atoms. The van der Waals surface area contributed by atoms with Crippen LogP contribution >= 0.6 is 11.3 Å². The minimum absolute atomic E-state index is 0.0383. The zero-order valence-corrected chi connectivity index (χ0v) is 13.8. The SMILES string of the molecule is CCCNCc1ccc(S(=O)(=O)NCc2cscc2C)o1. The van der Waals surface area contributed by atoms with Crippen molar-refractivity contribution in [3.63, 3.8) is 0 Å². The van der Waals surface area contributed by atoms with Crippen molar-refractivity contribution < 1.29 is 12.8 Å². The molecule has 0 spiro atoms. The van der Waals surface area contributed by atoms with Gasteiger partial charge >= 0.3 is 0 Å². The molecule has 5 nitrogen and oxygen atoms in total. The first-order valence-corrected chi connectivity index (χ1v) is 9.26. The molecule has 0 atom stereocenters. The van der Waals surface area contributed by atoms with Crippen LogP contribution in [0.3, 0.4) is 0 Å². The molecule has 116 valence electrons. The maximum absolute atomic E-state index is 12.2. The molecule has 0 aliphatic carbocycles. The summed E-state index contributed by atoms with van der Waals surface area (Å²) in [6.07, 6.45) is 1.02. The van der Waals surface area contributed by atoms with Gasteiger partial charge in [-0.1, -0.05) is 6.92 Å². The van der Waals surface area contributed by atoms with Gasteiger partial charge in [-0.15, -0.1) is 0 Å². The van der Waals surface area contributed by atoms with E-state index in [0.29, 0.717) is 12.3 Å². The minimum Gasteiger partial charge on any atom is -0.447 e. The Balaban J connectivity index is 1.97. The lowest BCUT2D eigenvalue weighted by Crippen LogP contribution is -2.22. The number of sulfonamides is 1. The summed E-state index contributed by atoms with van der Waals surface area (Å²) in [5, 5.41) is 7.07. The fourth-order valence-electron chi connectivity index (χ4n) is 1.80. The van der Waals surface area contributed by atoms with Crippen molar-refractivity contribution in [2.24, 2.45) is 0 Å². The van der Waals surface area contributed by atoms with Gasteiger partial charge in [-0.3, -0.25) is 0 Å². The molecular formula is C14H20N2O3S2. The maximum Gasteiger partial charge on any atom is 0.274 e. The van der Waals surface area contributed by atoms with Gasteiger partial charge in [-0.25, -0.2) is 13.1 Å². The summed E-state index contributed by atoms with van der Waals surface area (Å²) in [7, 11) is -3.60. The van der Waals surface area contributed by atoms with Gasteiger partial charge in [-0.05, 0) is 53.9 Å². The Morgan fingerprint density at radius 2 is 2.05 bits per heavy atom. The molecule has 0 aliphatic rings. The molecule has 2 aromatic rings. The molecule has 21 heavy (non-hydrogen) atoms. The number of hydrogen-bond acceptors (Lipinski definition) is 5. The molecule has 0 aliphatic heterocycles.